The molecule has 10 rings (SSSR count). The molecule has 0 unspecified atom stereocenters. The number of nitrogens with zero attached hydrogens (tertiary/aromatic N) is 5. The molecule has 230 valence electrons. The molecule has 0 atom stereocenters. The third-order valence-electron chi connectivity index (χ3n) is 10.1. The molecule has 0 radical (unpaired) electrons. The molecule has 6 heteroatoms. The summed E-state index contributed by atoms with van der Waals surface area (Å²) < 4.78 is 9.06. The van der Waals surface area contributed by atoms with Gasteiger partial charge in [-0.2, -0.15) is 15.2 Å². The minimum absolute atomic E-state index is 0.339. The Labute approximate surface area is 281 Å². The Morgan fingerprint density at radius 3 is 2.08 bits per heavy atom. The van der Waals surface area contributed by atoms with Gasteiger partial charge in [-0.3, -0.25) is 4.57 Å². The zero-order valence-electron chi connectivity index (χ0n) is 26.8. The first-order valence-corrected chi connectivity index (χ1v) is 16.4. The van der Waals surface area contributed by atoms with Gasteiger partial charge in [-0.25, -0.2) is 4.98 Å². The van der Waals surface area contributed by atoms with Gasteiger partial charge in [0, 0.05) is 32.7 Å². The van der Waals surface area contributed by atoms with Crippen molar-refractivity contribution in [2.75, 3.05) is 0 Å². The number of hydrogen-bond donors (Lipinski definition) is 0. The molecule has 0 saturated carbocycles. The van der Waals surface area contributed by atoms with E-state index in [0.29, 0.717) is 23.2 Å². The Morgan fingerprint density at radius 2 is 1.31 bits per heavy atom. The number of rotatable bonds is 3. The van der Waals surface area contributed by atoms with Gasteiger partial charge in [0.1, 0.15) is 11.2 Å². The standard InChI is InChI=1S/C43H27N5O/c1-43(2)31-17-9-6-14-28(31)34-35-30-16-8-11-19-33(30)49-39(35)36-29-15-7-10-18-32(29)48(38(36)37(34)43)42-46-40(26-12-4-3-5-13-26)45-41(47-42)27-22-20-25(24-44)21-23-27/h3-23H,1-2H3. The molecule has 0 bridgehead atoms. The third-order valence-corrected chi connectivity index (χ3v) is 10.1. The number of furan rings is 1. The Morgan fingerprint density at radius 1 is 0.653 bits per heavy atom. The molecule has 6 nitrogen and oxygen atoms in total. The SMILES string of the molecule is CC1(C)c2ccccc2-c2c1c1c(c3ccccc3n1-c1nc(-c3ccccc3)nc(-c3ccc(C#N)cc3)n1)c1oc3ccccc3c21. The maximum Gasteiger partial charge on any atom is 0.238 e. The van der Waals surface area contributed by atoms with Gasteiger partial charge in [0.2, 0.25) is 5.95 Å². The van der Waals surface area contributed by atoms with Crippen LogP contribution in [0, 0.1) is 11.3 Å². The van der Waals surface area contributed by atoms with E-state index in [-0.39, 0.29) is 5.41 Å². The molecule has 0 aliphatic heterocycles. The average Bonchev–Trinajstić information content (AvgIpc) is 3.78. The van der Waals surface area contributed by atoms with E-state index in [0.717, 1.165) is 54.9 Å². The smallest absolute Gasteiger partial charge is 0.238 e. The van der Waals surface area contributed by atoms with Gasteiger partial charge in [0.25, 0.3) is 0 Å². The number of hydrogen-bond acceptors (Lipinski definition) is 5. The molecule has 0 amide bonds. The fraction of sp³-hybridized carbons (Fsp3) is 0.0698. The Kier molecular flexibility index (Phi) is 5.60. The highest BCUT2D eigenvalue weighted by atomic mass is 16.3. The van der Waals surface area contributed by atoms with Crippen molar-refractivity contribution in [1.29, 1.82) is 5.26 Å². The summed E-state index contributed by atoms with van der Waals surface area (Å²) in [4.78, 5) is 15.4. The van der Waals surface area contributed by atoms with Crippen molar-refractivity contribution in [3.05, 3.63) is 144 Å². The molecule has 1 aliphatic rings. The fourth-order valence-electron chi connectivity index (χ4n) is 7.89. The van der Waals surface area contributed by atoms with Crippen molar-refractivity contribution in [3.63, 3.8) is 0 Å². The molecule has 0 N–H and O–H groups in total. The highest BCUT2D eigenvalue weighted by Gasteiger charge is 2.41. The fourth-order valence-corrected chi connectivity index (χ4v) is 7.89. The van der Waals surface area contributed by atoms with Crippen LogP contribution in [0.15, 0.2) is 132 Å². The Hall–Kier alpha value is -6.58. The van der Waals surface area contributed by atoms with Crippen molar-refractivity contribution in [2.45, 2.75) is 19.3 Å². The highest BCUT2D eigenvalue weighted by Crippen LogP contribution is 2.57. The van der Waals surface area contributed by atoms with Crippen molar-refractivity contribution >= 4 is 43.7 Å². The topological polar surface area (TPSA) is 80.5 Å². The number of nitriles is 1. The molecule has 0 spiro atoms. The third kappa shape index (κ3) is 3.78. The number of benzene rings is 6. The largest absolute Gasteiger partial charge is 0.455 e. The van der Waals surface area contributed by atoms with Crippen LogP contribution in [0.4, 0.5) is 0 Å². The Balaban J connectivity index is 1.41. The molecule has 3 heterocycles. The van der Waals surface area contributed by atoms with E-state index in [1.165, 1.54) is 22.3 Å². The summed E-state index contributed by atoms with van der Waals surface area (Å²) in [5.74, 6) is 1.62. The Bertz CT molecular complexity index is 2850. The van der Waals surface area contributed by atoms with Crippen LogP contribution >= 0.6 is 0 Å². The second-order valence-corrected chi connectivity index (χ2v) is 13.1. The van der Waals surface area contributed by atoms with Gasteiger partial charge in [-0.1, -0.05) is 105 Å². The molecule has 9 aromatic rings. The maximum atomic E-state index is 9.47. The van der Waals surface area contributed by atoms with Gasteiger partial charge in [-0.05, 0) is 58.7 Å². The molecule has 0 saturated heterocycles. The lowest BCUT2D eigenvalue weighted by Gasteiger charge is -2.23. The van der Waals surface area contributed by atoms with Crippen molar-refractivity contribution in [2.24, 2.45) is 0 Å². The number of aromatic nitrogens is 4. The van der Waals surface area contributed by atoms with E-state index in [2.05, 4.69) is 91.2 Å². The van der Waals surface area contributed by atoms with Gasteiger partial charge >= 0.3 is 0 Å². The monoisotopic (exact) mass is 629 g/mol. The van der Waals surface area contributed by atoms with Crippen molar-refractivity contribution in [3.8, 4) is 45.9 Å². The van der Waals surface area contributed by atoms with E-state index in [9.17, 15) is 5.26 Å². The van der Waals surface area contributed by atoms with Crippen LogP contribution in [0.1, 0.15) is 30.5 Å². The van der Waals surface area contributed by atoms with Crippen molar-refractivity contribution in [1.82, 2.24) is 19.5 Å². The van der Waals surface area contributed by atoms with Gasteiger partial charge in [-0.15, -0.1) is 0 Å². The molecular formula is C43H27N5O. The summed E-state index contributed by atoms with van der Waals surface area (Å²) >= 11 is 0. The summed E-state index contributed by atoms with van der Waals surface area (Å²) in [6.45, 7) is 4.64. The predicted octanol–water partition coefficient (Wildman–Crippen LogP) is 10.4. The van der Waals surface area contributed by atoms with Crippen LogP contribution < -0.4 is 0 Å². The highest BCUT2D eigenvalue weighted by molar-refractivity contribution is 6.30. The summed E-state index contributed by atoms with van der Waals surface area (Å²) in [6, 6.07) is 45.2. The van der Waals surface area contributed by atoms with Crippen LogP contribution in [0.25, 0.3) is 83.6 Å². The first-order chi connectivity index (χ1) is 24.0. The molecule has 0 fully saturated rings. The molecule has 1 aliphatic carbocycles. The predicted molar refractivity (Wildman–Crippen MR) is 195 cm³/mol. The minimum Gasteiger partial charge on any atom is -0.455 e. The summed E-state index contributed by atoms with van der Waals surface area (Å²) in [5.41, 5.74) is 10.6. The second kappa shape index (κ2) is 9.96. The normalized spacial score (nSPS) is 13.2. The van der Waals surface area contributed by atoms with Crippen molar-refractivity contribution < 1.29 is 4.42 Å². The second-order valence-electron chi connectivity index (χ2n) is 13.1. The van der Waals surface area contributed by atoms with E-state index in [4.69, 9.17) is 19.4 Å². The maximum absolute atomic E-state index is 9.47. The first-order valence-electron chi connectivity index (χ1n) is 16.4. The summed E-state index contributed by atoms with van der Waals surface area (Å²) in [6.07, 6.45) is 0. The van der Waals surface area contributed by atoms with Crippen LogP contribution in [0.3, 0.4) is 0 Å². The quantitative estimate of drug-likeness (QED) is 0.194. The van der Waals surface area contributed by atoms with Crippen LogP contribution in [0.5, 0.6) is 0 Å². The molecule has 6 aromatic carbocycles. The molecular weight excluding hydrogens is 603 g/mol. The van der Waals surface area contributed by atoms with E-state index in [1.807, 2.05) is 48.5 Å². The van der Waals surface area contributed by atoms with E-state index >= 15 is 0 Å². The van der Waals surface area contributed by atoms with Crippen LogP contribution in [0.2, 0.25) is 0 Å². The van der Waals surface area contributed by atoms with Crippen LogP contribution in [-0.4, -0.2) is 19.5 Å². The van der Waals surface area contributed by atoms with Gasteiger partial charge in [0.05, 0.1) is 28.1 Å². The lowest BCUT2D eigenvalue weighted by molar-refractivity contribution is 0.661. The zero-order valence-corrected chi connectivity index (χ0v) is 26.8. The molecule has 49 heavy (non-hydrogen) atoms. The average molecular weight is 630 g/mol. The molecule has 3 aromatic heterocycles. The van der Waals surface area contributed by atoms with Gasteiger partial charge < -0.3 is 4.42 Å². The van der Waals surface area contributed by atoms with Gasteiger partial charge in [0.15, 0.2) is 11.6 Å². The number of para-hydroxylation sites is 2. The lowest BCUT2D eigenvalue weighted by Crippen LogP contribution is -2.17. The van der Waals surface area contributed by atoms with E-state index in [1.54, 1.807) is 12.1 Å². The van der Waals surface area contributed by atoms with Crippen LogP contribution in [-0.2, 0) is 5.41 Å². The minimum atomic E-state index is -0.339. The lowest BCUT2D eigenvalue weighted by atomic mass is 9.81. The summed E-state index contributed by atoms with van der Waals surface area (Å²) in [5, 5.41) is 13.8. The zero-order chi connectivity index (χ0) is 32.9. The summed E-state index contributed by atoms with van der Waals surface area (Å²) in [7, 11) is 0. The number of fused-ring (bicyclic) bond motifs is 12. The van der Waals surface area contributed by atoms with E-state index < -0.39 is 0 Å². The first kappa shape index (κ1) is 27.5.